The van der Waals surface area contributed by atoms with E-state index in [0.717, 1.165) is 6.20 Å². The number of pyridine rings is 1. The Hall–Kier alpha value is -2.71. The van der Waals surface area contributed by atoms with E-state index in [-0.39, 0.29) is 23.2 Å². The van der Waals surface area contributed by atoms with Gasteiger partial charge >= 0.3 is 5.92 Å². The number of carbonyl (C=O) groups excluding carboxylic acids is 1. The Bertz CT molecular complexity index is 761. The summed E-state index contributed by atoms with van der Waals surface area (Å²) < 4.78 is 40.9. The zero-order valence-electron chi connectivity index (χ0n) is 13.3. The van der Waals surface area contributed by atoms with Crippen LogP contribution in [0.25, 0.3) is 0 Å². The smallest absolute Gasteiger partial charge is 0.303 e. The molecule has 24 heavy (non-hydrogen) atoms. The highest BCUT2D eigenvalue weighted by Gasteiger charge is 2.29. The number of anilines is 3. The van der Waals surface area contributed by atoms with Crippen molar-refractivity contribution in [1.82, 2.24) is 15.0 Å². The number of carbonyl (C=O) groups is 1. The molecular weight excluding hydrogens is 323 g/mol. The molecule has 0 spiro atoms. The van der Waals surface area contributed by atoms with Crippen LogP contribution < -0.4 is 10.6 Å². The van der Waals surface area contributed by atoms with Crippen LogP contribution in [0.3, 0.4) is 0 Å². The van der Waals surface area contributed by atoms with Gasteiger partial charge in [0, 0.05) is 31.7 Å². The summed E-state index contributed by atoms with van der Waals surface area (Å²) in [6.45, 7) is 3.73. The van der Waals surface area contributed by atoms with Crippen molar-refractivity contribution in [3.63, 3.8) is 0 Å². The Morgan fingerprint density at radius 2 is 1.96 bits per heavy atom. The van der Waals surface area contributed by atoms with Crippen molar-refractivity contribution in [2.75, 3.05) is 10.6 Å². The van der Waals surface area contributed by atoms with E-state index in [1.165, 1.54) is 19.1 Å². The van der Waals surface area contributed by atoms with Gasteiger partial charge in [0.2, 0.25) is 11.7 Å². The molecule has 2 N–H and O–H groups in total. The summed E-state index contributed by atoms with van der Waals surface area (Å²) in [5.41, 5.74) is 0.334. The van der Waals surface area contributed by atoms with E-state index in [2.05, 4.69) is 25.6 Å². The average Bonchev–Trinajstić information content (AvgIpc) is 2.49. The molecule has 9 heteroatoms. The second-order valence-corrected chi connectivity index (χ2v) is 5.17. The Balaban J connectivity index is 2.38. The van der Waals surface area contributed by atoms with Gasteiger partial charge in [-0.25, -0.2) is 19.3 Å². The lowest BCUT2D eigenvalue weighted by Gasteiger charge is -2.14. The fourth-order valence-corrected chi connectivity index (χ4v) is 1.86. The van der Waals surface area contributed by atoms with E-state index in [1.807, 2.05) is 0 Å². The molecule has 0 saturated heterocycles. The number of amides is 1. The summed E-state index contributed by atoms with van der Waals surface area (Å²) in [6, 6.07) is 2.70. The van der Waals surface area contributed by atoms with Gasteiger partial charge in [-0.2, -0.15) is 8.78 Å². The van der Waals surface area contributed by atoms with Crippen LogP contribution in [0, 0.1) is 5.82 Å². The molecule has 0 atom stereocenters. The predicted octanol–water partition coefficient (Wildman–Crippen LogP) is 3.39. The highest BCUT2D eigenvalue weighted by atomic mass is 19.3. The van der Waals surface area contributed by atoms with Crippen LogP contribution in [0.1, 0.15) is 32.3 Å². The molecule has 0 unspecified atom stereocenters. The van der Waals surface area contributed by atoms with Gasteiger partial charge in [0.05, 0.1) is 11.9 Å². The van der Waals surface area contributed by atoms with Gasteiger partial charge in [-0.1, -0.05) is 6.92 Å². The van der Waals surface area contributed by atoms with E-state index in [4.69, 9.17) is 0 Å². The maximum atomic E-state index is 13.9. The number of halogens is 3. The molecule has 1 amide bonds. The maximum absolute atomic E-state index is 13.9. The molecule has 0 aromatic carbocycles. The molecule has 0 aliphatic heterocycles. The molecule has 0 bridgehead atoms. The van der Waals surface area contributed by atoms with Gasteiger partial charge in [-0.15, -0.1) is 0 Å². The van der Waals surface area contributed by atoms with E-state index in [1.54, 1.807) is 6.92 Å². The Labute approximate surface area is 136 Å². The van der Waals surface area contributed by atoms with Gasteiger partial charge in [0.1, 0.15) is 11.6 Å². The van der Waals surface area contributed by atoms with Crippen molar-refractivity contribution in [2.45, 2.75) is 33.1 Å². The zero-order chi connectivity index (χ0) is 17.9. The van der Waals surface area contributed by atoms with Crippen LogP contribution in [-0.4, -0.2) is 20.9 Å². The van der Waals surface area contributed by atoms with Crippen molar-refractivity contribution in [3.8, 4) is 0 Å². The molecule has 0 aliphatic rings. The van der Waals surface area contributed by atoms with E-state index in [9.17, 15) is 18.0 Å². The van der Waals surface area contributed by atoms with Crippen molar-refractivity contribution in [1.29, 1.82) is 0 Å². The lowest BCUT2D eigenvalue weighted by atomic mass is 10.2. The third-order valence-corrected chi connectivity index (χ3v) is 2.96. The zero-order valence-corrected chi connectivity index (χ0v) is 13.3. The summed E-state index contributed by atoms with van der Waals surface area (Å²) in [5.74, 6) is -4.82. The van der Waals surface area contributed by atoms with Crippen LogP contribution >= 0.6 is 0 Å². The highest BCUT2D eigenvalue weighted by molar-refractivity contribution is 5.88. The maximum Gasteiger partial charge on any atom is 0.303 e. The molecule has 2 aromatic heterocycles. The fraction of sp³-hybridized carbons (Fsp3) is 0.333. The molecule has 0 aliphatic carbocycles. The van der Waals surface area contributed by atoms with Crippen LogP contribution in [0.15, 0.2) is 18.3 Å². The number of nitrogens with zero attached hydrogens (tertiary/aromatic N) is 3. The topological polar surface area (TPSA) is 79.8 Å². The molecule has 0 saturated carbocycles. The standard InChI is InChI=1S/C15H16F3N5O/c1-4-9-5-13(23-14(21-9)15(3,17)18)22-11-6-12(20-8(2)24)19-7-10(11)16/h5-7H,4H2,1-3H3,(H2,19,20,21,22,23,24). The second-order valence-electron chi connectivity index (χ2n) is 5.17. The highest BCUT2D eigenvalue weighted by Crippen LogP contribution is 2.27. The number of hydrogen-bond donors (Lipinski definition) is 2. The van der Waals surface area contributed by atoms with Gasteiger partial charge in [-0.05, 0) is 6.42 Å². The first kappa shape index (κ1) is 17.6. The first-order valence-electron chi connectivity index (χ1n) is 7.15. The average molecular weight is 339 g/mol. The van der Waals surface area contributed by atoms with Gasteiger partial charge in [-0.3, -0.25) is 4.79 Å². The number of alkyl halides is 2. The van der Waals surface area contributed by atoms with Crippen LogP contribution in [0.4, 0.5) is 30.5 Å². The summed E-state index contributed by atoms with van der Waals surface area (Å²) >= 11 is 0. The molecule has 6 nitrogen and oxygen atoms in total. The first-order chi connectivity index (χ1) is 11.2. The third kappa shape index (κ3) is 4.40. The van der Waals surface area contributed by atoms with Crippen molar-refractivity contribution in [2.24, 2.45) is 0 Å². The van der Waals surface area contributed by atoms with Crippen LogP contribution in [0.5, 0.6) is 0 Å². The minimum absolute atomic E-state index is 0.0252. The Kier molecular flexibility index (Phi) is 5.01. The minimum atomic E-state index is -3.22. The summed E-state index contributed by atoms with van der Waals surface area (Å²) in [6.07, 6.45) is 1.32. The van der Waals surface area contributed by atoms with E-state index < -0.39 is 17.6 Å². The molecule has 0 fully saturated rings. The molecule has 2 aromatic rings. The van der Waals surface area contributed by atoms with E-state index in [0.29, 0.717) is 19.0 Å². The number of hydrogen-bond acceptors (Lipinski definition) is 5. The molecule has 2 rings (SSSR count). The van der Waals surface area contributed by atoms with Crippen molar-refractivity contribution in [3.05, 3.63) is 35.7 Å². The Morgan fingerprint density at radius 1 is 1.25 bits per heavy atom. The summed E-state index contributed by atoms with van der Waals surface area (Å²) in [4.78, 5) is 22.3. The van der Waals surface area contributed by atoms with Gasteiger partial charge in [0.15, 0.2) is 5.82 Å². The third-order valence-electron chi connectivity index (χ3n) is 2.96. The molecule has 128 valence electrons. The predicted molar refractivity (Wildman–Crippen MR) is 82.8 cm³/mol. The second kappa shape index (κ2) is 6.81. The molecule has 2 heterocycles. The quantitative estimate of drug-likeness (QED) is 0.873. The van der Waals surface area contributed by atoms with Crippen molar-refractivity contribution < 1.29 is 18.0 Å². The van der Waals surface area contributed by atoms with Crippen molar-refractivity contribution >= 4 is 23.2 Å². The number of nitrogens with one attached hydrogen (secondary N) is 2. The van der Waals surface area contributed by atoms with Crippen LogP contribution in [0.2, 0.25) is 0 Å². The van der Waals surface area contributed by atoms with Gasteiger partial charge < -0.3 is 10.6 Å². The normalized spacial score (nSPS) is 11.2. The minimum Gasteiger partial charge on any atom is -0.338 e. The van der Waals surface area contributed by atoms with Crippen LogP contribution in [-0.2, 0) is 17.1 Å². The van der Waals surface area contributed by atoms with Gasteiger partial charge in [0.25, 0.3) is 0 Å². The number of aryl methyl sites for hydroxylation is 1. The van der Waals surface area contributed by atoms with E-state index >= 15 is 0 Å². The first-order valence-corrected chi connectivity index (χ1v) is 7.15. The largest absolute Gasteiger partial charge is 0.338 e. The molecular formula is C15H16F3N5O. The SMILES string of the molecule is CCc1cc(Nc2cc(NC(C)=O)ncc2F)nc(C(C)(F)F)n1. The monoisotopic (exact) mass is 339 g/mol. The number of aromatic nitrogens is 3. The summed E-state index contributed by atoms with van der Waals surface area (Å²) in [5, 5.41) is 5.03. The fourth-order valence-electron chi connectivity index (χ4n) is 1.86. The molecule has 0 radical (unpaired) electrons. The lowest BCUT2D eigenvalue weighted by molar-refractivity contribution is -0.114. The lowest BCUT2D eigenvalue weighted by Crippen LogP contribution is -2.15. The number of rotatable bonds is 5. The summed E-state index contributed by atoms with van der Waals surface area (Å²) in [7, 11) is 0. The Morgan fingerprint density at radius 3 is 2.54 bits per heavy atom.